The highest BCUT2D eigenvalue weighted by molar-refractivity contribution is 5.84. The van der Waals surface area contributed by atoms with Crippen LogP contribution in [0.4, 0.5) is 0 Å². The van der Waals surface area contributed by atoms with E-state index >= 15 is 0 Å². The average Bonchev–Trinajstić information content (AvgIpc) is 2.98. The molecule has 2 nitrogen and oxygen atoms in total. The first-order valence-electron chi connectivity index (χ1n) is 11.6. The number of ether oxygens (including phenoxy) is 1. The normalized spacial score (nSPS) is 44.5. The molecule has 1 unspecified atom stereocenters. The van der Waals surface area contributed by atoms with Crippen LogP contribution in [0.1, 0.15) is 85.0 Å². The topological polar surface area (TPSA) is 26.3 Å². The molecule has 0 aromatic carbocycles. The lowest BCUT2D eigenvalue weighted by molar-refractivity contribution is -0.138. The van der Waals surface area contributed by atoms with Crippen LogP contribution in [0.25, 0.3) is 0 Å². The molecule has 4 aliphatic rings. The fraction of sp³-hybridized carbons (Fsp3) is 0.800. The largest absolute Gasteiger partial charge is 0.463 e. The standard InChI is InChI=1S/C25H38O2/c1-4-5-16-27-23(26)17-19-10-12-21-20-11-9-18-8-6-7-14-24(18,2)22(20)13-15-25(19,21)3/h10,12,17-18,20-22H,4-9,11,13-16H2,1-3H3/t18?,20-,21-,22-,24-,25+/m0/s1. The fourth-order valence-electron chi connectivity index (χ4n) is 7.33. The Bertz CT molecular complexity index is 632. The molecule has 4 rings (SSSR count). The summed E-state index contributed by atoms with van der Waals surface area (Å²) in [6.07, 6.45) is 19.7. The van der Waals surface area contributed by atoms with E-state index in [-0.39, 0.29) is 11.4 Å². The van der Waals surface area contributed by atoms with Crippen molar-refractivity contribution in [3.8, 4) is 0 Å². The van der Waals surface area contributed by atoms with Crippen LogP contribution < -0.4 is 0 Å². The van der Waals surface area contributed by atoms with Gasteiger partial charge in [0.05, 0.1) is 6.61 Å². The van der Waals surface area contributed by atoms with Crippen molar-refractivity contribution in [1.82, 2.24) is 0 Å². The van der Waals surface area contributed by atoms with Gasteiger partial charge in [-0.05, 0) is 85.0 Å². The van der Waals surface area contributed by atoms with Gasteiger partial charge in [0.25, 0.3) is 0 Å². The Balaban J connectivity index is 1.51. The van der Waals surface area contributed by atoms with Crippen molar-refractivity contribution in [2.45, 2.75) is 85.0 Å². The number of rotatable bonds is 4. The molecule has 6 atom stereocenters. The Kier molecular flexibility index (Phi) is 5.29. The summed E-state index contributed by atoms with van der Waals surface area (Å²) >= 11 is 0. The minimum Gasteiger partial charge on any atom is -0.463 e. The van der Waals surface area contributed by atoms with E-state index in [9.17, 15) is 4.79 Å². The molecule has 0 heterocycles. The number of hydrogen-bond acceptors (Lipinski definition) is 2. The van der Waals surface area contributed by atoms with E-state index in [1.165, 1.54) is 56.9 Å². The maximum atomic E-state index is 12.3. The first-order valence-corrected chi connectivity index (χ1v) is 11.6. The summed E-state index contributed by atoms with van der Waals surface area (Å²) in [5.41, 5.74) is 1.94. The molecule has 0 saturated heterocycles. The quantitative estimate of drug-likeness (QED) is 0.322. The van der Waals surface area contributed by atoms with E-state index < -0.39 is 0 Å². The van der Waals surface area contributed by atoms with Crippen LogP contribution >= 0.6 is 0 Å². The second kappa shape index (κ2) is 7.41. The highest BCUT2D eigenvalue weighted by Crippen LogP contribution is 2.65. The SMILES string of the molecule is CCCCOC(=O)C=C1C=C[C@H]2[C@@H]3CCC4CCCC[C@]4(C)[C@H]3CC[C@]12C. The molecule has 0 spiro atoms. The van der Waals surface area contributed by atoms with Crippen molar-refractivity contribution in [2.75, 3.05) is 6.61 Å². The van der Waals surface area contributed by atoms with Crippen LogP contribution in [0, 0.1) is 34.5 Å². The van der Waals surface area contributed by atoms with E-state index in [0.717, 1.165) is 30.6 Å². The molecule has 0 radical (unpaired) electrons. The molecule has 0 aliphatic heterocycles. The highest BCUT2D eigenvalue weighted by Gasteiger charge is 2.57. The maximum Gasteiger partial charge on any atom is 0.331 e. The molecule has 150 valence electrons. The monoisotopic (exact) mass is 370 g/mol. The van der Waals surface area contributed by atoms with E-state index in [2.05, 4.69) is 32.9 Å². The first kappa shape index (κ1) is 19.3. The van der Waals surface area contributed by atoms with Gasteiger partial charge >= 0.3 is 5.97 Å². The second-order valence-corrected chi connectivity index (χ2v) is 10.3. The molecule has 27 heavy (non-hydrogen) atoms. The zero-order valence-corrected chi connectivity index (χ0v) is 17.6. The Labute approximate surface area is 165 Å². The average molecular weight is 371 g/mol. The second-order valence-electron chi connectivity index (χ2n) is 10.3. The molecule has 0 aromatic rings. The van der Waals surface area contributed by atoms with Crippen molar-refractivity contribution in [3.05, 3.63) is 23.8 Å². The number of esters is 1. The van der Waals surface area contributed by atoms with Crippen LogP contribution in [0.15, 0.2) is 23.8 Å². The lowest BCUT2D eigenvalue weighted by Crippen LogP contribution is -2.52. The Morgan fingerprint density at radius 2 is 2.04 bits per heavy atom. The van der Waals surface area contributed by atoms with E-state index in [1.54, 1.807) is 6.08 Å². The summed E-state index contributed by atoms with van der Waals surface area (Å²) in [4.78, 5) is 12.3. The van der Waals surface area contributed by atoms with Crippen molar-refractivity contribution >= 4 is 5.97 Å². The van der Waals surface area contributed by atoms with Crippen LogP contribution in [-0.2, 0) is 9.53 Å². The number of fused-ring (bicyclic) bond motifs is 5. The molecule has 0 aromatic heterocycles. The minimum atomic E-state index is -0.143. The molecule has 3 fully saturated rings. The molecule has 3 saturated carbocycles. The van der Waals surface area contributed by atoms with E-state index in [1.807, 2.05) is 0 Å². The van der Waals surface area contributed by atoms with Gasteiger partial charge in [0.2, 0.25) is 0 Å². The number of unbranched alkanes of at least 4 members (excludes halogenated alkanes) is 1. The van der Waals surface area contributed by atoms with Crippen molar-refractivity contribution < 1.29 is 9.53 Å². The smallest absolute Gasteiger partial charge is 0.331 e. The highest BCUT2D eigenvalue weighted by atomic mass is 16.5. The molecule has 0 amide bonds. The van der Waals surface area contributed by atoms with Crippen LogP contribution in [0.3, 0.4) is 0 Å². The lowest BCUT2D eigenvalue weighted by Gasteiger charge is -2.60. The Morgan fingerprint density at radius 1 is 1.19 bits per heavy atom. The summed E-state index contributed by atoms with van der Waals surface area (Å²) in [6, 6.07) is 0. The number of carbonyl (C=O) groups excluding carboxylic acids is 1. The summed E-state index contributed by atoms with van der Waals surface area (Å²) in [5, 5.41) is 0. The van der Waals surface area contributed by atoms with Crippen molar-refractivity contribution in [1.29, 1.82) is 0 Å². The zero-order chi connectivity index (χ0) is 19.1. The number of hydrogen-bond donors (Lipinski definition) is 0. The van der Waals surface area contributed by atoms with Gasteiger partial charge in [0, 0.05) is 6.08 Å². The molecule has 0 N–H and O–H groups in total. The van der Waals surface area contributed by atoms with Crippen LogP contribution in [-0.4, -0.2) is 12.6 Å². The predicted octanol–water partition coefficient (Wildman–Crippen LogP) is 6.46. The fourth-order valence-corrected chi connectivity index (χ4v) is 7.33. The van der Waals surface area contributed by atoms with Crippen LogP contribution in [0.5, 0.6) is 0 Å². The Hall–Kier alpha value is -1.05. The van der Waals surface area contributed by atoms with Gasteiger partial charge in [-0.2, -0.15) is 0 Å². The van der Waals surface area contributed by atoms with Gasteiger partial charge in [-0.25, -0.2) is 4.79 Å². The van der Waals surface area contributed by atoms with Crippen molar-refractivity contribution in [3.63, 3.8) is 0 Å². The minimum absolute atomic E-state index is 0.142. The number of carbonyl (C=O) groups is 1. The third-order valence-electron chi connectivity index (χ3n) is 8.99. The number of allylic oxidation sites excluding steroid dienone is 3. The van der Waals surface area contributed by atoms with Gasteiger partial charge in [-0.15, -0.1) is 0 Å². The third kappa shape index (κ3) is 3.21. The first-order chi connectivity index (χ1) is 13.0. The molecular weight excluding hydrogens is 332 g/mol. The molecular formula is C25H38O2. The van der Waals surface area contributed by atoms with Gasteiger partial charge in [-0.1, -0.05) is 52.2 Å². The zero-order valence-electron chi connectivity index (χ0n) is 17.6. The van der Waals surface area contributed by atoms with E-state index in [4.69, 9.17) is 4.74 Å². The van der Waals surface area contributed by atoms with Crippen molar-refractivity contribution in [2.24, 2.45) is 34.5 Å². The van der Waals surface area contributed by atoms with Gasteiger partial charge in [0.15, 0.2) is 0 Å². The third-order valence-corrected chi connectivity index (χ3v) is 8.99. The van der Waals surface area contributed by atoms with Crippen LogP contribution in [0.2, 0.25) is 0 Å². The van der Waals surface area contributed by atoms with Gasteiger partial charge in [-0.3, -0.25) is 0 Å². The molecule has 0 bridgehead atoms. The van der Waals surface area contributed by atoms with Gasteiger partial charge < -0.3 is 4.74 Å². The predicted molar refractivity (Wildman–Crippen MR) is 110 cm³/mol. The summed E-state index contributed by atoms with van der Waals surface area (Å²) in [6.45, 7) is 7.70. The molecule has 4 aliphatic carbocycles. The van der Waals surface area contributed by atoms with E-state index in [0.29, 0.717) is 17.9 Å². The molecule has 2 heteroatoms. The maximum absolute atomic E-state index is 12.3. The summed E-state index contributed by atoms with van der Waals surface area (Å²) < 4.78 is 5.41. The summed E-state index contributed by atoms with van der Waals surface area (Å²) in [7, 11) is 0. The Morgan fingerprint density at radius 3 is 2.85 bits per heavy atom. The lowest BCUT2D eigenvalue weighted by atomic mass is 9.45. The summed E-state index contributed by atoms with van der Waals surface area (Å²) in [5.74, 6) is 3.13. The van der Waals surface area contributed by atoms with Gasteiger partial charge in [0.1, 0.15) is 0 Å².